The average molecular weight is 221 g/mol. The zero-order valence-electron chi connectivity index (χ0n) is 7.64. The molecular weight excluding hydrogens is 211 g/mol. The van der Waals surface area contributed by atoms with Gasteiger partial charge in [0.05, 0.1) is 6.20 Å². The predicted octanol–water partition coefficient (Wildman–Crippen LogP) is 3.16. The molecule has 13 heavy (non-hydrogen) atoms. The molecule has 0 N–H and O–H groups in total. The molecule has 72 valence electrons. The maximum Gasteiger partial charge on any atom is 0.223 e. The van der Waals surface area contributed by atoms with Gasteiger partial charge in [-0.15, -0.1) is 0 Å². The highest BCUT2D eigenvalue weighted by Gasteiger charge is 2.16. The van der Waals surface area contributed by atoms with Crippen molar-refractivity contribution in [3.8, 4) is 0 Å². The fraction of sp³-hybridized carbons (Fsp3) is 0.500. The predicted molar refractivity (Wildman–Crippen MR) is 52.6 cm³/mol. The number of hydrogen-bond donors (Lipinski definition) is 0. The number of aromatic nitrogens is 2. The molecule has 1 rings (SSSR count). The fourth-order valence-corrected chi connectivity index (χ4v) is 1.74. The molecule has 0 aliphatic rings. The van der Waals surface area contributed by atoms with E-state index in [-0.39, 0.29) is 10.0 Å². The minimum atomic E-state index is -0.427. The van der Waals surface area contributed by atoms with Gasteiger partial charge in [-0.2, -0.15) is 0 Å². The smallest absolute Gasteiger partial charge is 0.223 e. The minimum absolute atomic E-state index is 0.0770. The Bertz CT molecular complexity index is 312. The molecule has 1 heterocycles. The van der Waals surface area contributed by atoms with E-state index in [1.54, 1.807) is 0 Å². The topological polar surface area (TPSA) is 25.8 Å². The monoisotopic (exact) mass is 220 g/mol. The van der Waals surface area contributed by atoms with E-state index in [1.807, 2.05) is 20.8 Å². The maximum absolute atomic E-state index is 13.1. The van der Waals surface area contributed by atoms with Crippen molar-refractivity contribution < 1.29 is 4.39 Å². The van der Waals surface area contributed by atoms with Gasteiger partial charge in [-0.1, -0.05) is 32.5 Å². The standard InChI is InChI=1S/C8H10ClFN2S/c1-8(2,3)13-6-5(10)4-11-7(9)12-6/h4H,1-3H3. The molecule has 0 spiro atoms. The zero-order chi connectivity index (χ0) is 10.1. The van der Waals surface area contributed by atoms with Gasteiger partial charge in [0.25, 0.3) is 0 Å². The number of rotatable bonds is 1. The quantitative estimate of drug-likeness (QED) is 0.413. The lowest BCUT2D eigenvalue weighted by molar-refractivity contribution is 0.577. The van der Waals surface area contributed by atoms with Gasteiger partial charge in [-0.05, 0) is 11.6 Å². The Balaban J connectivity index is 2.94. The number of nitrogens with zero attached hydrogens (tertiary/aromatic N) is 2. The van der Waals surface area contributed by atoms with Crippen molar-refractivity contribution in [2.24, 2.45) is 0 Å². The highest BCUT2D eigenvalue weighted by Crippen LogP contribution is 2.32. The van der Waals surface area contributed by atoms with Gasteiger partial charge in [0.15, 0.2) is 5.82 Å². The zero-order valence-corrected chi connectivity index (χ0v) is 9.21. The van der Waals surface area contributed by atoms with Crippen LogP contribution >= 0.6 is 23.4 Å². The largest absolute Gasteiger partial charge is 0.223 e. The van der Waals surface area contributed by atoms with Crippen LogP contribution in [0.5, 0.6) is 0 Å². The van der Waals surface area contributed by atoms with E-state index in [0.717, 1.165) is 6.20 Å². The second-order valence-corrected chi connectivity index (χ2v) is 5.66. The van der Waals surface area contributed by atoms with Crippen LogP contribution < -0.4 is 0 Å². The van der Waals surface area contributed by atoms with Gasteiger partial charge in [0.2, 0.25) is 5.28 Å². The second-order valence-electron chi connectivity index (χ2n) is 3.51. The van der Waals surface area contributed by atoms with Crippen LogP contribution in [0.1, 0.15) is 20.8 Å². The lowest BCUT2D eigenvalue weighted by Gasteiger charge is -2.16. The number of hydrogen-bond acceptors (Lipinski definition) is 3. The van der Waals surface area contributed by atoms with Crippen LogP contribution in [0.15, 0.2) is 11.2 Å². The summed E-state index contributed by atoms with van der Waals surface area (Å²) in [7, 11) is 0. The molecule has 0 atom stereocenters. The van der Waals surface area contributed by atoms with Crippen LogP contribution in [0.2, 0.25) is 5.28 Å². The SMILES string of the molecule is CC(C)(C)Sc1nc(Cl)ncc1F. The van der Waals surface area contributed by atoms with Crippen molar-refractivity contribution in [2.45, 2.75) is 30.5 Å². The lowest BCUT2D eigenvalue weighted by atomic mass is 10.3. The third-order valence-electron chi connectivity index (χ3n) is 1.09. The van der Waals surface area contributed by atoms with Crippen molar-refractivity contribution in [1.82, 2.24) is 9.97 Å². The molecule has 0 saturated carbocycles. The second kappa shape index (κ2) is 3.80. The Morgan fingerprint density at radius 3 is 2.62 bits per heavy atom. The van der Waals surface area contributed by atoms with Crippen molar-refractivity contribution >= 4 is 23.4 Å². The summed E-state index contributed by atoms with van der Waals surface area (Å²) in [6.07, 6.45) is 1.09. The first-order valence-corrected chi connectivity index (χ1v) is 4.95. The minimum Gasteiger partial charge on any atom is -0.223 e. The Morgan fingerprint density at radius 1 is 1.46 bits per heavy atom. The average Bonchev–Trinajstić information content (AvgIpc) is 1.94. The molecule has 1 aromatic rings. The van der Waals surface area contributed by atoms with Crippen molar-refractivity contribution in [2.75, 3.05) is 0 Å². The molecule has 0 saturated heterocycles. The lowest BCUT2D eigenvalue weighted by Crippen LogP contribution is -2.08. The van der Waals surface area contributed by atoms with E-state index in [4.69, 9.17) is 11.6 Å². The molecule has 1 aromatic heterocycles. The third kappa shape index (κ3) is 3.48. The summed E-state index contributed by atoms with van der Waals surface area (Å²) in [5.74, 6) is -0.427. The molecule has 0 bridgehead atoms. The molecule has 0 aliphatic carbocycles. The van der Waals surface area contributed by atoms with Crippen LogP contribution in [0.3, 0.4) is 0 Å². The summed E-state index contributed by atoms with van der Waals surface area (Å²) in [5.41, 5.74) is 0. The van der Waals surface area contributed by atoms with Crippen molar-refractivity contribution in [3.63, 3.8) is 0 Å². The van der Waals surface area contributed by atoms with Crippen LogP contribution in [-0.4, -0.2) is 14.7 Å². The molecule has 0 fully saturated rings. The van der Waals surface area contributed by atoms with Gasteiger partial charge in [-0.25, -0.2) is 14.4 Å². The summed E-state index contributed by atoms with van der Waals surface area (Å²) in [6.45, 7) is 5.94. The van der Waals surface area contributed by atoms with Gasteiger partial charge in [-0.3, -0.25) is 0 Å². The van der Waals surface area contributed by atoms with E-state index < -0.39 is 5.82 Å². The molecule has 0 unspecified atom stereocenters. The van der Waals surface area contributed by atoms with Gasteiger partial charge in [0, 0.05) is 4.75 Å². The molecule has 2 nitrogen and oxygen atoms in total. The molecule has 0 amide bonds. The van der Waals surface area contributed by atoms with Crippen LogP contribution in [0, 0.1) is 5.82 Å². The van der Waals surface area contributed by atoms with Gasteiger partial charge < -0.3 is 0 Å². The van der Waals surface area contributed by atoms with Crippen LogP contribution in [0.25, 0.3) is 0 Å². The first-order valence-electron chi connectivity index (χ1n) is 3.75. The van der Waals surface area contributed by atoms with E-state index in [9.17, 15) is 4.39 Å². The van der Waals surface area contributed by atoms with E-state index >= 15 is 0 Å². The Hall–Kier alpha value is -0.350. The third-order valence-corrected chi connectivity index (χ3v) is 2.36. The highest BCUT2D eigenvalue weighted by atomic mass is 35.5. The maximum atomic E-state index is 13.1. The van der Waals surface area contributed by atoms with E-state index in [0.29, 0.717) is 5.03 Å². The number of halogens is 2. The molecule has 0 aromatic carbocycles. The fourth-order valence-electron chi connectivity index (χ4n) is 0.693. The Kier molecular flexibility index (Phi) is 3.14. The van der Waals surface area contributed by atoms with Crippen molar-refractivity contribution in [3.05, 3.63) is 17.3 Å². The Labute approximate surface area is 85.9 Å². The van der Waals surface area contributed by atoms with E-state index in [2.05, 4.69) is 9.97 Å². The highest BCUT2D eigenvalue weighted by molar-refractivity contribution is 8.00. The summed E-state index contributed by atoms with van der Waals surface area (Å²) < 4.78 is 13.0. The van der Waals surface area contributed by atoms with E-state index in [1.165, 1.54) is 11.8 Å². The summed E-state index contributed by atoms with van der Waals surface area (Å²) in [4.78, 5) is 7.34. The molecule has 5 heteroatoms. The summed E-state index contributed by atoms with van der Waals surface area (Å²) >= 11 is 6.87. The Morgan fingerprint density at radius 2 is 2.08 bits per heavy atom. The first-order chi connectivity index (χ1) is 5.88. The summed E-state index contributed by atoms with van der Waals surface area (Å²) in [5, 5.41) is 0.376. The normalized spacial score (nSPS) is 11.8. The van der Waals surface area contributed by atoms with Crippen LogP contribution in [0.4, 0.5) is 4.39 Å². The van der Waals surface area contributed by atoms with Crippen LogP contribution in [-0.2, 0) is 0 Å². The number of thioether (sulfide) groups is 1. The first kappa shape index (κ1) is 10.7. The van der Waals surface area contributed by atoms with Gasteiger partial charge in [0.1, 0.15) is 5.03 Å². The van der Waals surface area contributed by atoms with Crippen molar-refractivity contribution in [1.29, 1.82) is 0 Å². The summed E-state index contributed by atoms with van der Waals surface area (Å²) in [6, 6.07) is 0. The molecule has 0 aliphatic heterocycles. The molecular formula is C8H10ClFN2S. The van der Waals surface area contributed by atoms with Gasteiger partial charge >= 0.3 is 0 Å². The molecule has 0 radical (unpaired) electrons.